The molecule has 0 saturated heterocycles. The predicted octanol–water partition coefficient (Wildman–Crippen LogP) is 4.04. The van der Waals surface area contributed by atoms with Crippen LogP contribution in [0.2, 0.25) is 0 Å². The van der Waals surface area contributed by atoms with Crippen LogP contribution < -0.4 is 0 Å². The molecule has 0 atom stereocenters. The van der Waals surface area contributed by atoms with Gasteiger partial charge in [0.1, 0.15) is 0 Å². The van der Waals surface area contributed by atoms with E-state index in [1.165, 1.54) is 16.8 Å². The van der Waals surface area contributed by atoms with E-state index in [4.69, 9.17) is 0 Å². The monoisotopic (exact) mass is 262 g/mol. The number of nitrogens with zero attached hydrogens (tertiary/aromatic N) is 2. The predicted molar refractivity (Wildman–Crippen MR) is 66.1 cm³/mol. The van der Waals surface area contributed by atoms with Crippen LogP contribution in [0.1, 0.15) is 5.56 Å². The number of aromatic nitrogens is 2. The van der Waals surface area contributed by atoms with Gasteiger partial charge in [-0.15, -0.1) is 0 Å². The van der Waals surface area contributed by atoms with Gasteiger partial charge < -0.3 is 0 Å². The highest BCUT2D eigenvalue weighted by Crippen LogP contribution is 2.34. The van der Waals surface area contributed by atoms with E-state index < -0.39 is 11.7 Å². The highest BCUT2D eigenvalue weighted by molar-refractivity contribution is 5.80. The molecule has 0 aliphatic heterocycles. The van der Waals surface area contributed by atoms with Gasteiger partial charge >= 0.3 is 6.18 Å². The first-order valence-corrected chi connectivity index (χ1v) is 5.67. The van der Waals surface area contributed by atoms with Crippen LogP contribution in [0.5, 0.6) is 0 Å². The molecule has 1 aromatic heterocycles. The largest absolute Gasteiger partial charge is 0.418 e. The number of rotatable bonds is 1. The van der Waals surface area contributed by atoms with Gasteiger partial charge in [-0.05, 0) is 18.2 Å². The summed E-state index contributed by atoms with van der Waals surface area (Å²) in [4.78, 5) is 0. The molecule has 3 rings (SSSR count). The maximum Gasteiger partial charge on any atom is 0.418 e. The SMILES string of the molecule is FC(F)(F)c1ccccc1-n1ncc2ccccc21. The van der Waals surface area contributed by atoms with Gasteiger partial charge in [-0.3, -0.25) is 0 Å². The molecule has 0 N–H and O–H groups in total. The number of hydrogen-bond donors (Lipinski definition) is 0. The Morgan fingerprint density at radius 3 is 2.37 bits per heavy atom. The lowest BCUT2D eigenvalue weighted by Gasteiger charge is -2.13. The molecule has 0 aliphatic rings. The summed E-state index contributed by atoms with van der Waals surface area (Å²) in [5, 5.41) is 4.86. The lowest BCUT2D eigenvalue weighted by atomic mass is 10.1. The van der Waals surface area contributed by atoms with E-state index in [0.717, 1.165) is 11.5 Å². The van der Waals surface area contributed by atoms with Gasteiger partial charge in [0.05, 0.1) is 23.0 Å². The Hall–Kier alpha value is -2.30. The molecule has 0 saturated carbocycles. The zero-order valence-corrected chi connectivity index (χ0v) is 9.72. The number of fused-ring (bicyclic) bond motifs is 1. The van der Waals surface area contributed by atoms with Crippen molar-refractivity contribution in [2.45, 2.75) is 6.18 Å². The Bertz CT molecular complexity index is 729. The van der Waals surface area contributed by atoms with Crippen molar-refractivity contribution in [1.29, 1.82) is 0 Å². The summed E-state index contributed by atoms with van der Waals surface area (Å²) < 4.78 is 40.3. The number of hydrogen-bond acceptors (Lipinski definition) is 1. The van der Waals surface area contributed by atoms with Crippen molar-refractivity contribution in [3.63, 3.8) is 0 Å². The number of halogens is 3. The fourth-order valence-corrected chi connectivity index (χ4v) is 2.06. The molecular weight excluding hydrogens is 253 g/mol. The summed E-state index contributed by atoms with van der Waals surface area (Å²) in [5.74, 6) is 0. The molecule has 0 radical (unpaired) electrons. The molecule has 96 valence electrons. The third-order valence-corrected chi connectivity index (χ3v) is 2.91. The van der Waals surface area contributed by atoms with Gasteiger partial charge in [0, 0.05) is 5.39 Å². The standard InChI is InChI=1S/C14H9F3N2/c15-14(16,17)11-6-2-4-8-13(11)19-12-7-3-1-5-10(12)9-18-19/h1-9H. The minimum atomic E-state index is -4.40. The Morgan fingerprint density at radius 1 is 0.895 bits per heavy atom. The van der Waals surface area contributed by atoms with E-state index in [1.54, 1.807) is 24.4 Å². The molecule has 2 nitrogen and oxygen atoms in total. The van der Waals surface area contributed by atoms with Gasteiger partial charge in [0.15, 0.2) is 0 Å². The molecular formula is C14H9F3N2. The smallest absolute Gasteiger partial charge is 0.232 e. The third-order valence-electron chi connectivity index (χ3n) is 2.91. The van der Waals surface area contributed by atoms with Gasteiger partial charge in [-0.2, -0.15) is 18.3 Å². The van der Waals surface area contributed by atoms with Crippen LogP contribution in [0.25, 0.3) is 16.6 Å². The number of alkyl halides is 3. The average molecular weight is 262 g/mol. The molecule has 5 heteroatoms. The first-order chi connectivity index (χ1) is 9.07. The van der Waals surface area contributed by atoms with E-state index in [-0.39, 0.29) is 5.69 Å². The lowest BCUT2D eigenvalue weighted by Crippen LogP contribution is -2.11. The highest BCUT2D eigenvalue weighted by Gasteiger charge is 2.34. The Labute approximate surface area is 107 Å². The molecule has 0 fully saturated rings. The van der Waals surface area contributed by atoms with E-state index in [1.807, 2.05) is 12.1 Å². The fourth-order valence-electron chi connectivity index (χ4n) is 2.06. The number of para-hydroxylation sites is 2. The van der Waals surface area contributed by atoms with Gasteiger partial charge in [0.2, 0.25) is 0 Å². The van der Waals surface area contributed by atoms with Crippen molar-refractivity contribution >= 4 is 10.9 Å². The van der Waals surface area contributed by atoms with Crippen LogP contribution in [-0.2, 0) is 6.18 Å². The van der Waals surface area contributed by atoms with E-state index >= 15 is 0 Å². The molecule has 3 aromatic rings. The van der Waals surface area contributed by atoms with Crippen LogP contribution >= 0.6 is 0 Å². The Morgan fingerprint density at radius 2 is 1.58 bits per heavy atom. The summed E-state index contributed by atoms with van der Waals surface area (Å²) in [6.07, 6.45) is -2.84. The van der Waals surface area contributed by atoms with Crippen molar-refractivity contribution in [2.75, 3.05) is 0 Å². The molecule has 0 unspecified atom stereocenters. The van der Waals surface area contributed by atoms with Gasteiger partial charge in [-0.25, -0.2) is 4.68 Å². The lowest BCUT2D eigenvalue weighted by molar-refractivity contribution is -0.137. The third kappa shape index (κ3) is 1.97. The minimum absolute atomic E-state index is 0.0381. The summed E-state index contributed by atoms with van der Waals surface area (Å²) >= 11 is 0. The molecule has 0 aliphatic carbocycles. The zero-order chi connectivity index (χ0) is 13.5. The Balaban J connectivity index is 2.28. The zero-order valence-electron chi connectivity index (χ0n) is 9.72. The summed E-state index contributed by atoms with van der Waals surface area (Å²) in [7, 11) is 0. The second-order valence-electron chi connectivity index (χ2n) is 4.13. The van der Waals surface area contributed by atoms with Gasteiger partial charge in [0.25, 0.3) is 0 Å². The molecule has 19 heavy (non-hydrogen) atoms. The van der Waals surface area contributed by atoms with E-state index in [9.17, 15) is 13.2 Å². The van der Waals surface area contributed by atoms with Crippen molar-refractivity contribution < 1.29 is 13.2 Å². The maximum atomic E-state index is 13.0. The number of benzene rings is 2. The van der Waals surface area contributed by atoms with Crippen molar-refractivity contribution in [2.24, 2.45) is 0 Å². The van der Waals surface area contributed by atoms with Crippen LogP contribution in [-0.4, -0.2) is 9.78 Å². The minimum Gasteiger partial charge on any atom is -0.232 e. The summed E-state index contributed by atoms with van der Waals surface area (Å²) in [6, 6.07) is 12.6. The second kappa shape index (κ2) is 4.12. The summed E-state index contributed by atoms with van der Waals surface area (Å²) in [6.45, 7) is 0. The van der Waals surface area contributed by atoms with Crippen molar-refractivity contribution in [3.05, 3.63) is 60.3 Å². The first kappa shape index (κ1) is 11.8. The molecule has 0 spiro atoms. The molecule has 2 aromatic carbocycles. The Kier molecular flexibility index (Phi) is 2.55. The summed E-state index contributed by atoms with van der Waals surface area (Å²) in [5.41, 5.74) is -0.000692. The maximum absolute atomic E-state index is 13.0. The van der Waals surface area contributed by atoms with Gasteiger partial charge in [-0.1, -0.05) is 30.3 Å². The van der Waals surface area contributed by atoms with Crippen molar-refractivity contribution in [3.8, 4) is 5.69 Å². The normalized spacial score (nSPS) is 11.9. The van der Waals surface area contributed by atoms with Crippen molar-refractivity contribution in [1.82, 2.24) is 9.78 Å². The molecule has 0 bridgehead atoms. The van der Waals surface area contributed by atoms with Crippen LogP contribution in [0.15, 0.2) is 54.7 Å². The van der Waals surface area contributed by atoms with E-state index in [2.05, 4.69) is 5.10 Å². The molecule has 1 heterocycles. The quantitative estimate of drug-likeness (QED) is 0.647. The van der Waals surface area contributed by atoms with E-state index in [0.29, 0.717) is 5.52 Å². The second-order valence-corrected chi connectivity index (χ2v) is 4.13. The first-order valence-electron chi connectivity index (χ1n) is 5.67. The fraction of sp³-hybridized carbons (Fsp3) is 0.0714. The topological polar surface area (TPSA) is 17.8 Å². The van der Waals surface area contributed by atoms with Crippen LogP contribution in [0.4, 0.5) is 13.2 Å². The molecule has 0 amide bonds. The van der Waals surface area contributed by atoms with Crippen LogP contribution in [0.3, 0.4) is 0 Å². The van der Waals surface area contributed by atoms with Crippen LogP contribution in [0, 0.1) is 0 Å². The highest BCUT2D eigenvalue weighted by atomic mass is 19.4. The average Bonchev–Trinajstić information content (AvgIpc) is 2.81.